The number of hydrogen-bond donors (Lipinski definition) is 0. The molecule has 3 aromatic rings. The number of thioether (sulfide) groups is 1. The van der Waals surface area contributed by atoms with Gasteiger partial charge >= 0.3 is 0 Å². The Morgan fingerprint density at radius 3 is 2.49 bits per heavy atom. The third-order valence-corrected chi connectivity index (χ3v) is 7.10. The zero-order valence-corrected chi connectivity index (χ0v) is 22.0. The van der Waals surface area contributed by atoms with Crippen molar-refractivity contribution < 1.29 is 19.2 Å². The Hall–Kier alpha value is -2.92. The molecule has 0 N–H and O–H groups in total. The molecule has 1 saturated heterocycles. The maximum absolute atomic E-state index is 13.1. The Balaban J connectivity index is 1.56. The number of benzene rings is 3. The van der Waals surface area contributed by atoms with Crippen molar-refractivity contribution in [2.75, 3.05) is 12.0 Å². The van der Waals surface area contributed by atoms with Crippen molar-refractivity contribution in [3.05, 3.63) is 96.3 Å². The van der Waals surface area contributed by atoms with Gasteiger partial charge in [-0.2, -0.15) is 0 Å². The number of nitrogens with zero attached hydrogens (tertiary/aromatic N) is 2. The maximum Gasteiger partial charge on any atom is 0.270 e. The van der Waals surface area contributed by atoms with E-state index in [0.717, 1.165) is 17.3 Å². The van der Waals surface area contributed by atoms with Gasteiger partial charge in [-0.15, -0.1) is 0 Å². The second-order valence-corrected chi connectivity index (χ2v) is 10.2. The molecule has 7 nitrogen and oxygen atoms in total. The van der Waals surface area contributed by atoms with Gasteiger partial charge in [-0.05, 0) is 69.5 Å². The summed E-state index contributed by atoms with van der Waals surface area (Å²) in [6.07, 6.45) is 1.71. The fourth-order valence-electron chi connectivity index (χ4n) is 3.26. The first-order valence-corrected chi connectivity index (χ1v) is 12.4. The minimum atomic E-state index is -0.498. The quantitative estimate of drug-likeness (QED) is 0.127. The van der Waals surface area contributed by atoms with E-state index >= 15 is 0 Å². The number of carbonyl (C=O) groups is 1. The molecule has 1 amide bonds. The highest BCUT2D eigenvalue weighted by molar-refractivity contribution is 9.10. The van der Waals surface area contributed by atoms with Crippen LogP contribution in [0.3, 0.4) is 0 Å². The number of hydrogen-bond acceptors (Lipinski definition) is 7. The molecule has 1 aliphatic heterocycles. The van der Waals surface area contributed by atoms with Crippen molar-refractivity contribution in [2.45, 2.75) is 6.61 Å². The number of ether oxygens (including phenoxy) is 2. The Morgan fingerprint density at radius 2 is 1.86 bits per heavy atom. The van der Waals surface area contributed by atoms with E-state index in [2.05, 4.69) is 15.9 Å². The van der Waals surface area contributed by atoms with Crippen molar-refractivity contribution in [1.29, 1.82) is 0 Å². The van der Waals surface area contributed by atoms with Crippen LogP contribution in [0, 0.1) is 10.1 Å². The molecule has 178 valence electrons. The van der Waals surface area contributed by atoms with Gasteiger partial charge in [-0.1, -0.05) is 47.7 Å². The molecule has 0 unspecified atom stereocenters. The summed E-state index contributed by atoms with van der Waals surface area (Å²) in [4.78, 5) is 25.2. The highest BCUT2D eigenvalue weighted by Crippen LogP contribution is 2.40. The molecule has 0 spiro atoms. The third kappa shape index (κ3) is 5.67. The number of carbonyl (C=O) groups excluding carboxylic acids is 1. The first-order valence-electron chi connectivity index (χ1n) is 10.0. The van der Waals surface area contributed by atoms with Crippen LogP contribution < -0.4 is 14.4 Å². The molecular weight excluding hydrogens is 576 g/mol. The van der Waals surface area contributed by atoms with Crippen LogP contribution in [0.4, 0.5) is 11.4 Å². The predicted octanol–water partition coefficient (Wildman–Crippen LogP) is 7.00. The zero-order chi connectivity index (χ0) is 25.1. The lowest BCUT2D eigenvalue weighted by atomic mass is 10.1. The summed E-state index contributed by atoms with van der Waals surface area (Å²) in [5, 5.41) is 11.6. The standard InChI is InChI=1S/C24H16BrClN2O5S2/c1-32-20-11-15(10-19(25)22(20)33-13-14-2-4-16(26)5-3-14)12-21-23(29)27(24(34)35-21)17-6-8-18(9-7-17)28(30)31/h2-12H,13H2,1H3/b21-12-. The molecule has 4 rings (SSSR count). The summed E-state index contributed by atoms with van der Waals surface area (Å²) >= 11 is 16.0. The van der Waals surface area contributed by atoms with E-state index < -0.39 is 4.92 Å². The fourth-order valence-corrected chi connectivity index (χ4v) is 5.26. The second-order valence-electron chi connectivity index (χ2n) is 7.24. The zero-order valence-electron chi connectivity index (χ0n) is 18.1. The Morgan fingerprint density at radius 1 is 1.17 bits per heavy atom. The average molecular weight is 592 g/mol. The Kier molecular flexibility index (Phi) is 7.75. The topological polar surface area (TPSA) is 81.9 Å². The van der Waals surface area contributed by atoms with Gasteiger partial charge in [0.15, 0.2) is 15.8 Å². The highest BCUT2D eigenvalue weighted by atomic mass is 79.9. The molecule has 1 fully saturated rings. The lowest BCUT2D eigenvalue weighted by Gasteiger charge is -2.14. The first kappa shape index (κ1) is 25.2. The lowest BCUT2D eigenvalue weighted by molar-refractivity contribution is -0.384. The number of thiocarbonyl (C=S) groups is 1. The first-order chi connectivity index (χ1) is 16.8. The molecular formula is C24H16BrClN2O5S2. The van der Waals surface area contributed by atoms with Gasteiger partial charge in [0.1, 0.15) is 6.61 Å². The number of anilines is 1. The summed E-state index contributed by atoms with van der Waals surface area (Å²) in [5.41, 5.74) is 2.05. The normalized spacial score (nSPS) is 14.5. The van der Waals surface area contributed by atoms with E-state index in [-0.39, 0.29) is 11.6 Å². The van der Waals surface area contributed by atoms with Crippen molar-refractivity contribution in [1.82, 2.24) is 0 Å². The molecule has 1 heterocycles. The van der Waals surface area contributed by atoms with E-state index in [1.54, 1.807) is 24.3 Å². The number of rotatable bonds is 7. The van der Waals surface area contributed by atoms with Gasteiger partial charge in [0.25, 0.3) is 11.6 Å². The Bertz CT molecular complexity index is 1350. The van der Waals surface area contributed by atoms with Gasteiger partial charge in [0.05, 0.1) is 27.1 Å². The number of amides is 1. The van der Waals surface area contributed by atoms with Gasteiger partial charge < -0.3 is 9.47 Å². The summed E-state index contributed by atoms with van der Waals surface area (Å²) in [6.45, 7) is 0.319. The van der Waals surface area contributed by atoms with Gasteiger partial charge in [0.2, 0.25) is 0 Å². The minimum Gasteiger partial charge on any atom is -0.493 e. The van der Waals surface area contributed by atoms with Crippen molar-refractivity contribution in [3.8, 4) is 11.5 Å². The van der Waals surface area contributed by atoms with E-state index in [4.69, 9.17) is 33.3 Å². The molecule has 0 atom stereocenters. The molecule has 1 aliphatic rings. The van der Waals surface area contributed by atoms with Crippen LogP contribution >= 0.6 is 51.5 Å². The summed E-state index contributed by atoms with van der Waals surface area (Å²) in [6, 6.07) is 16.6. The Labute approximate surface area is 223 Å². The van der Waals surface area contributed by atoms with Crippen molar-refractivity contribution >= 4 is 79.2 Å². The van der Waals surface area contributed by atoms with E-state index in [1.165, 1.54) is 36.3 Å². The lowest BCUT2D eigenvalue weighted by Crippen LogP contribution is -2.27. The molecule has 0 saturated carbocycles. The van der Waals surface area contributed by atoms with Gasteiger partial charge in [0, 0.05) is 17.2 Å². The highest BCUT2D eigenvalue weighted by Gasteiger charge is 2.33. The molecule has 11 heteroatoms. The van der Waals surface area contributed by atoms with Crippen LogP contribution in [0.5, 0.6) is 11.5 Å². The van der Waals surface area contributed by atoms with Gasteiger partial charge in [-0.3, -0.25) is 19.8 Å². The third-order valence-electron chi connectivity index (χ3n) is 4.96. The SMILES string of the molecule is COc1cc(/C=C2\SC(=S)N(c3ccc([N+](=O)[O-])cc3)C2=O)cc(Br)c1OCc1ccc(Cl)cc1. The molecule has 35 heavy (non-hydrogen) atoms. The maximum atomic E-state index is 13.1. The minimum absolute atomic E-state index is 0.0648. The van der Waals surface area contributed by atoms with Crippen LogP contribution in [-0.2, 0) is 11.4 Å². The smallest absolute Gasteiger partial charge is 0.270 e. The van der Waals surface area contributed by atoms with Crippen LogP contribution in [-0.4, -0.2) is 22.3 Å². The number of nitro groups is 1. The van der Waals surface area contributed by atoms with Crippen LogP contribution in [0.15, 0.2) is 70.0 Å². The van der Waals surface area contributed by atoms with Crippen LogP contribution in [0.2, 0.25) is 5.02 Å². The van der Waals surface area contributed by atoms with Gasteiger partial charge in [-0.25, -0.2) is 0 Å². The average Bonchev–Trinajstić information content (AvgIpc) is 3.11. The fraction of sp³-hybridized carbons (Fsp3) is 0.0833. The van der Waals surface area contributed by atoms with E-state index in [0.29, 0.717) is 48.1 Å². The number of nitro benzene ring substituents is 1. The molecule has 3 aromatic carbocycles. The predicted molar refractivity (Wildman–Crippen MR) is 145 cm³/mol. The number of methoxy groups -OCH3 is 1. The van der Waals surface area contributed by atoms with Crippen LogP contribution in [0.25, 0.3) is 6.08 Å². The summed E-state index contributed by atoms with van der Waals surface area (Å²) in [7, 11) is 1.54. The summed E-state index contributed by atoms with van der Waals surface area (Å²) < 4.78 is 12.5. The molecule has 0 bridgehead atoms. The summed E-state index contributed by atoms with van der Waals surface area (Å²) in [5.74, 6) is 0.704. The van der Waals surface area contributed by atoms with Crippen molar-refractivity contribution in [3.63, 3.8) is 0 Å². The largest absolute Gasteiger partial charge is 0.493 e. The van der Waals surface area contributed by atoms with E-state index in [9.17, 15) is 14.9 Å². The second kappa shape index (κ2) is 10.8. The number of halogens is 2. The monoisotopic (exact) mass is 590 g/mol. The number of non-ortho nitro benzene ring substituents is 1. The molecule has 0 aromatic heterocycles. The van der Waals surface area contributed by atoms with E-state index in [1.807, 2.05) is 18.2 Å². The molecule has 0 radical (unpaired) electrons. The van der Waals surface area contributed by atoms with Crippen molar-refractivity contribution in [2.24, 2.45) is 0 Å². The molecule has 0 aliphatic carbocycles. The van der Waals surface area contributed by atoms with Crippen LogP contribution in [0.1, 0.15) is 11.1 Å².